The Morgan fingerprint density at radius 3 is 2.74 bits per heavy atom. The van der Waals surface area contributed by atoms with Gasteiger partial charge >= 0.3 is 0 Å². The molecule has 1 amide bonds. The van der Waals surface area contributed by atoms with Crippen LogP contribution in [0, 0.1) is 6.92 Å². The normalized spacial score (nSPS) is 10.3. The molecule has 2 heterocycles. The molecule has 0 atom stereocenters. The van der Waals surface area contributed by atoms with Gasteiger partial charge in [0.25, 0.3) is 5.91 Å². The molecule has 0 aliphatic rings. The number of carbonyl (C=O) groups excluding carboxylic acids is 1. The highest BCUT2D eigenvalue weighted by Gasteiger charge is 2.15. The van der Waals surface area contributed by atoms with E-state index in [1.807, 2.05) is 6.92 Å². The van der Waals surface area contributed by atoms with Gasteiger partial charge in [-0.3, -0.25) is 4.79 Å². The summed E-state index contributed by atoms with van der Waals surface area (Å²) in [6.45, 7) is 2.43. The van der Waals surface area contributed by atoms with Crippen LogP contribution in [0.3, 0.4) is 0 Å². The number of nitrogen functional groups attached to an aromatic ring is 1. The fourth-order valence-corrected chi connectivity index (χ4v) is 2.30. The van der Waals surface area contributed by atoms with Crippen LogP contribution in [-0.2, 0) is 6.54 Å². The molecule has 19 heavy (non-hydrogen) atoms. The number of hydrogen-bond donors (Lipinski definition) is 2. The standard InChI is InChI=1S/C11H14N6OS/c1-7-9(19-6-15-7)5-17(2)11(18)8-3-14-10(16-12)4-13-8/h3-4,6H,5,12H2,1-2H3,(H,14,16). The Morgan fingerprint density at radius 1 is 1.42 bits per heavy atom. The third-order valence-electron chi connectivity index (χ3n) is 2.59. The Balaban J connectivity index is 2.08. The number of nitrogens with two attached hydrogens (primary N) is 1. The summed E-state index contributed by atoms with van der Waals surface area (Å²) in [5.74, 6) is 5.41. The van der Waals surface area contributed by atoms with Crippen molar-refractivity contribution < 1.29 is 4.79 Å². The van der Waals surface area contributed by atoms with Gasteiger partial charge in [0.1, 0.15) is 5.69 Å². The van der Waals surface area contributed by atoms with Crippen molar-refractivity contribution >= 4 is 23.1 Å². The van der Waals surface area contributed by atoms with Crippen LogP contribution in [0.2, 0.25) is 0 Å². The Hall–Kier alpha value is -2.06. The summed E-state index contributed by atoms with van der Waals surface area (Å²) in [5.41, 5.74) is 5.35. The van der Waals surface area contributed by atoms with Gasteiger partial charge in [-0.05, 0) is 6.92 Å². The molecule has 0 spiro atoms. The predicted octanol–water partition coefficient (Wildman–Crippen LogP) is 0.799. The number of hydrogen-bond acceptors (Lipinski definition) is 7. The number of nitrogens with zero attached hydrogens (tertiary/aromatic N) is 4. The SMILES string of the molecule is Cc1ncsc1CN(C)C(=O)c1cnc(NN)cn1. The number of nitrogens with one attached hydrogen (secondary N) is 1. The first-order valence-electron chi connectivity index (χ1n) is 5.55. The average Bonchev–Trinajstić information content (AvgIpc) is 2.83. The van der Waals surface area contributed by atoms with Crippen LogP contribution in [0.1, 0.15) is 21.1 Å². The summed E-state index contributed by atoms with van der Waals surface area (Å²) in [4.78, 5) is 26.9. The molecule has 100 valence electrons. The highest BCUT2D eigenvalue weighted by Crippen LogP contribution is 2.15. The first-order chi connectivity index (χ1) is 9.11. The third kappa shape index (κ3) is 3.04. The topological polar surface area (TPSA) is 97.0 Å². The van der Waals surface area contributed by atoms with Crippen LogP contribution in [-0.4, -0.2) is 32.8 Å². The molecule has 2 aromatic heterocycles. The molecular weight excluding hydrogens is 264 g/mol. The maximum absolute atomic E-state index is 12.1. The molecule has 0 saturated carbocycles. The smallest absolute Gasteiger partial charge is 0.274 e. The van der Waals surface area contributed by atoms with E-state index in [0.717, 1.165) is 10.6 Å². The van der Waals surface area contributed by atoms with Gasteiger partial charge in [0.15, 0.2) is 5.82 Å². The molecule has 2 aromatic rings. The molecule has 0 saturated heterocycles. The second kappa shape index (κ2) is 5.72. The Morgan fingerprint density at radius 2 is 2.21 bits per heavy atom. The summed E-state index contributed by atoms with van der Waals surface area (Å²) in [6, 6.07) is 0. The van der Waals surface area contributed by atoms with Gasteiger partial charge in [-0.25, -0.2) is 20.8 Å². The average molecular weight is 278 g/mol. The third-order valence-corrected chi connectivity index (χ3v) is 3.51. The van der Waals surface area contributed by atoms with Crippen molar-refractivity contribution in [3.8, 4) is 0 Å². The predicted molar refractivity (Wildman–Crippen MR) is 72.5 cm³/mol. The molecule has 7 nitrogen and oxygen atoms in total. The highest BCUT2D eigenvalue weighted by atomic mass is 32.1. The number of aryl methyl sites for hydroxylation is 1. The summed E-state index contributed by atoms with van der Waals surface area (Å²) < 4.78 is 0. The van der Waals surface area contributed by atoms with Crippen LogP contribution < -0.4 is 11.3 Å². The van der Waals surface area contributed by atoms with Crippen molar-refractivity contribution in [2.75, 3.05) is 12.5 Å². The second-order valence-electron chi connectivity index (χ2n) is 3.95. The minimum Gasteiger partial charge on any atom is -0.335 e. The summed E-state index contributed by atoms with van der Waals surface area (Å²) >= 11 is 1.53. The van der Waals surface area contributed by atoms with Crippen molar-refractivity contribution in [1.82, 2.24) is 19.9 Å². The van der Waals surface area contributed by atoms with E-state index in [0.29, 0.717) is 12.4 Å². The van der Waals surface area contributed by atoms with Crippen LogP contribution in [0.5, 0.6) is 0 Å². The summed E-state index contributed by atoms with van der Waals surface area (Å²) in [7, 11) is 1.72. The van der Waals surface area contributed by atoms with E-state index in [1.165, 1.54) is 23.7 Å². The fraction of sp³-hybridized carbons (Fsp3) is 0.273. The number of aromatic nitrogens is 3. The van der Waals surface area contributed by atoms with Crippen molar-refractivity contribution in [2.24, 2.45) is 5.84 Å². The molecule has 3 N–H and O–H groups in total. The highest BCUT2D eigenvalue weighted by molar-refractivity contribution is 7.09. The first-order valence-corrected chi connectivity index (χ1v) is 6.43. The maximum atomic E-state index is 12.1. The minimum atomic E-state index is -0.191. The zero-order valence-electron chi connectivity index (χ0n) is 10.6. The van der Waals surface area contributed by atoms with E-state index in [1.54, 1.807) is 17.5 Å². The van der Waals surface area contributed by atoms with Gasteiger partial charge in [-0.1, -0.05) is 0 Å². The lowest BCUT2D eigenvalue weighted by atomic mass is 10.3. The maximum Gasteiger partial charge on any atom is 0.274 e. The van der Waals surface area contributed by atoms with Crippen molar-refractivity contribution in [2.45, 2.75) is 13.5 Å². The number of carbonyl (C=O) groups is 1. The van der Waals surface area contributed by atoms with E-state index in [4.69, 9.17) is 5.84 Å². The Kier molecular flexibility index (Phi) is 4.03. The molecule has 0 unspecified atom stereocenters. The van der Waals surface area contributed by atoms with Gasteiger partial charge in [-0.15, -0.1) is 11.3 Å². The van der Waals surface area contributed by atoms with E-state index in [9.17, 15) is 4.79 Å². The molecule has 0 radical (unpaired) electrons. The number of anilines is 1. The van der Waals surface area contributed by atoms with Gasteiger partial charge < -0.3 is 10.3 Å². The van der Waals surface area contributed by atoms with Crippen LogP contribution in [0.15, 0.2) is 17.9 Å². The van der Waals surface area contributed by atoms with Crippen LogP contribution >= 0.6 is 11.3 Å². The number of rotatable bonds is 4. The quantitative estimate of drug-likeness (QED) is 0.634. The lowest BCUT2D eigenvalue weighted by Crippen LogP contribution is -2.27. The van der Waals surface area contributed by atoms with Crippen molar-refractivity contribution in [3.05, 3.63) is 34.2 Å². The molecule has 2 rings (SSSR count). The first kappa shape index (κ1) is 13.4. The Labute approximate surface area is 114 Å². The monoisotopic (exact) mass is 278 g/mol. The Bertz CT molecular complexity index is 567. The van der Waals surface area contributed by atoms with Crippen molar-refractivity contribution in [1.29, 1.82) is 0 Å². The van der Waals surface area contributed by atoms with Gasteiger partial charge in [0.05, 0.1) is 30.1 Å². The molecular formula is C11H14N6OS. The van der Waals surface area contributed by atoms with Gasteiger partial charge in [0.2, 0.25) is 0 Å². The van der Waals surface area contributed by atoms with Gasteiger partial charge in [0, 0.05) is 11.9 Å². The van der Waals surface area contributed by atoms with E-state index in [-0.39, 0.29) is 11.6 Å². The number of hydrazine groups is 1. The number of thiazole rings is 1. The molecule has 0 bridgehead atoms. The summed E-state index contributed by atoms with van der Waals surface area (Å²) in [6.07, 6.45) is 2.81. The van der Waals surface area contributed by atoms with E-state index in [2.05, 4.69) is 20.4 Å². The number of amides is 1. The largest absolute Gasteiger partial charge is 0.335 e. The molecule has 0 aromatic carbocycles. The molecule has 0 aliphatic carbocycles. The van der Waals surface area contributed by atoms with E-state index < -0.39 is 0 Å². The zero-order valence-corrected chi connectivity index (χ0v) is 11.4. The van der Waals surface area contributed by atoms with Crippen LogP contribution in [0.25, 0.3) is 0 Å². The molecule has 8 heteroatoms. The zero-order chi connectivity index (χ0) is 13.8. The van der Waals surface area contributed by atoms with Gasteiger partial charge in [-0.2, -0.15) is 0 Å². The summed E-state index contributed by atoms with van der Waals surface area (Å²) in [5, 5.41) is 0. The fourth-order valence-electron chi connectivity index (χ4n) is 1.47. The lowest BCUT2D eigenvalue weighted by Gasteiger charge is -2.15. The van der Waals surface area contributed by atoms with Crippen LogP contribution in [0.4, 0.5) is 5.82 Å². The lowest BCUT2D eigenvalue weighted by molar-refractivity contribution is 0.0780. The molecule has 0 aliphatic heterocycles. The van der Waals surface area contributed by atoms with E-state index >= 15 is 0 Å². The van der Waals surface area contributed by atoms with Crippen molar-refractivity contribution in [3.63, 3.8) is 0 Å². The molecule has 0 fully saturated rings. The minimum absolute atomic E-state index is 0.191. The second-order valence-corrected chi connectivity index (χ2v) is 4.89.